The highest BCUT2D eigenvalue weighted by Gasteiger charge is 2.14. The number of carbonyl (C=O) groups is 1. The zero-order valence-corrected chi connectivity index (χ0v) is 12.4. The summed E-state index contributed by atoms with van der Waals surface area (Å²) in [6.07, 6.45) is 0. The fraction of sp³-hybridized carbons (Fsp3) is 0.312. The van der Waals surface area contributed by atoms with Gasteiger partial charge in [-0.1, -0.05) is 12.1 Å². The van der Waals surface area contributed by atoms with Gasteiger partial charge in [-0.25, -0.2) is 4.79 Å². The van der Waals surface area contributed by atoms with Gasteiger partial charge in [-0.15, -0.1) is 0 Å². The molecule has 0 spiro atoms. The van der Waals surface area contributed by atoms with Crippen molar-refractivity contribution in [2.24, 2.45) is 0 Å². The number of benzene rings is 1. The van der Waals surface area contributed by atoms with E-state index in [-0.39, 0.29) is 12.3 Å². The van der Waals surface area contributed by atoms with E-state index in [1.54, 1.807) is 38.1 Å². The van der Waals surface area contributed by atoms with Gasteiger partial charge in [0.05, 0.1) is 18.7 Å². The van der Waals surface area contributed by atoms with Crippen molar-refractivity contribution in [3.63, 3.8) is 0 Å². The minimum Gasteiger partial charge on any atom is -0.493 e. The molecular formula is C16H18N2O3. The molecule has 0 saturated carbocycles. The molecule has 1 aromatic heterocycles. The molecule has 0 saturated heterocycles. The summed E-state index contributed by atoms with van der Waals surface area (Å²) in [6, 6.07) is 8.82. The Hall–Kier alpha value is -2.43. The number of hydrogen-bond acceptors (Lipinski definition) is 4. The maximum absolute atomic E-state index is 12.4. The van der Waals surface area contributed by atoms with Gasteiger partial charge in [0.15, 0.2) is 5.78 Å². The predicted molar refractivity (Wildman–Crippen MR) is 79.9 cm³/mol. The first-order valence-corrected chi connectivity index (χ1v) is 6.83. The topological polar surface area (TPSA) is 61.2 Å². The Morgan fingerprint density at radius 2 is 2.00 bits per heavy atom. The molecular weight excluding hydrogens is 268 g/mol. The van der Waals surface area contributed by atoms with Crippen molar-refractivity contribution >= 4 is 5.78 Å². The van der Waals surface area contributed by atoms with Gasteiger partial charge in [0.1, 0.15) is 5.75 Å². The summed E-state index contributed by atoms with van der Waals surface area (Å²) in [5, 5.41) is 0. The highest BCUT2D eigenvalue weighted by molar-refractivity contribution is 5.98. The van der Waals surface area contributed by atoms with Crippen LogP contribution in [-0.4, -0.2) is 21.9 Å². The largest absolute Gasteiger partial charge is 0.493 e. The van der Waals surface area contributed by atoms with Crippen molar-refractivity contribution in [1.82, 2.24) is 9.55 Å². The Bertz CT molecular complexity index is 720. The lowest BCUT2D eigenvalue weighted by Gasteiger charge is -2.11. The van der Waals surface area contributed by atoms with Crippen LogP contribution in [0.5, 0.6) is 5.75 Å². The molecule has 2 rings (SSSR count). The van der Waals surface area contributed by atoms with Gasteiger partial charge >= 0.3 is 5.69 Å². The maximum atomic E-state index is 12.4. The summed E-state index contributed by atoms with van der Waals surface area (Å²) < 4.78 is 6.82. The number of Topliss-reactive ketones (excluding diaryl/α,β-unsaturated/α-hetero) is 1. The summed E-state index contributed by atoms with van der Waals surface area (Å²) in [5.74, 6) is 0.366. The second-order valence-corrected chi connectivity index (χ2v) is 4.76. The number of carbonyl (C=O) groups excluding carboxylic acids is 1. The zero-order valence-electron chi connectivity index (χ0n) is 12.4. The monoisotopic (exact) mass is 286 g/mol. The maximum Gasteiger partial charge on any atom is 0.348 e. The number of hydrogen-bond donors (Lipinski definition) is 0. The van der Waals surface area contributed by atoms with E-state index in [2.05, 4.69) is 4.98 Å². The van der Waals surface area contributed by atoms with Crippen LogP contribution in [0.15, 0.2) is 35.1 Å². The van der Waals surface area contributed by atoms with E-state index in [4.69, 9.17) is 4.74 Å². The Balaban J connectivity index is 2.33. The van der Waals surface area contributed by atoms with E-state index in [1.165, 1.54) is 4.57 Å². The summed E-state index contributed by atoms with van der Waals surface area (Å²) >= 11 is 0. The Labute approximate surface area is 123 Å². The smallest absolute Gasteiger partial charge is 0.348 e. The first-order valence-electron chi connectivity index (χ1n) is 6.83. The lowest BCUT2D eigenvalue weighted by atomic mass is 10.1. The number of aromatic nitrogens is 2. The van der Waals surface area contributed by atoms with E-state index < -0.39 is 5.69 Å². The molecule has 0 bridgehead atoms. The zero-order chi connectivity index (χ0) is 15.4. The average molecular weight is 286 g/mol. The van der Waals surface area contributed by atoms with Crippen LogP contribution in [0, 0.1) is 13.8 Å². The molecule has 0 radical (unpaired) electrons. The standard InChI is InChI=1S/C16H18N2O3/c1-4-21-15-8-6-5-7-13(15)14(19)10-18-12(3)9-11(2)17-16(18)20/h5-9H,4,10H2,1-3H3. The van der Waals surface area contributed by atoms with E-state index in [9.17, 15) is 9.59 Å². The molecule has 5 heteroatoms. The Morgan fingerprint density at radius 3 is 2.67 bits per heavy atom. The molecule has 0 aliphatic rings. The van der Waals surface area contributed by atoms with Gasteiger partial charge < -0.3 is 4.74 Å². The van der Waals surface area contributed by atoms with Crippen LogP contribution < -0.4 is 10.4 Å². The number of rotatable bonds is 5. The van der Waals surface area contributed by atoms with E-state index in [0.29, 0.717) is 23.6 Å². The lowest BCUT2D eigenvalue weighted by molar-refractivity contribution is 0.0965. The molecule has 21 heavy (non-hydrogen) atoms. The highest BCUT2D eigenvalue weighted by Crippen LogP contribution is 2.19. The summed E-state index contributed by atoms with van der Waals surface area (Å²) in [6.45, 7) is 5.85. The first-order chi connectivity index (χ1) is 10.0. The Morgan fingerprint density at radius 1 is 1.29 bits per heavy atom. The van der Waals surface area contributed by atoms with Gasteiger partial charge in [-0.3, -0.25) is 9.36 Å². The van der Waals surface area contributed by atoms with E-state index >= 15 is 0 Å². The van der Waals surface area contributed by atoms with Crippen LogP contribution in [0.1, 0.15) is 28.7 Å². The summed E-state index contributed by atoms with van der Waals surface area (Å²) in [7, 11) is 0. The molecule has 0 aliphatic carbocycles. The second-order valence-electron chi connectivity index (χ2n) is 4.76. The molecule has 110 valence electrons. The van der Waals surface area contributed by atoms with Crippen LogP contribution in [-0.2, 0) is 6.54 Å². The van der Waals surface area contributed by atoms with Crippen molar-refractivity contribution in [1.29, 1.82) is 0 Å². The molecule has 0 unspecified atom stereocenters. The van der Waals surface area contributed by atoms with Crippen LogP contribution in [0.2, 0.25) is 0 Å². The lowest BCUT2D eigenvalue weighted by Crippen LogP contribution is -2.29. The molecule has 2 aromatic rings. The van der Waals surface area contributed by atoms with Crippen molar-refractivity contribution in [2.45, 2.75) is 27.3 Å². The second kappa shape index (κ2) is 6.35. The number of para-hydroxylation sites is 1. The highest BCUT2D eigenvalue weighted by atomic mass is 16.5. The number of ketones is 1. The molecule has 0 atom stereocenters. The van der Waals surface area contributed by atoms with E-state index in [1.807, 2.05) is 13.0 Å². The summed E-state index contributed by atoms with van der Waals surface area (Å²) in [4.78, 5) is 28.2. The molecule has 0 aliphatic heterocycles. The summed E-state index contributed by atoms with van der Waals surface area (Å²) in [5.41, 5.74) is 1.44. The Kier molecular flexibility index (Phi) is 4.52. The van der Waals surface area contributed by atoms with Crippen LogP contribution >= 0.6 is 0 Å². The molecule has 1 aromatic carbocycles. The van der Waals surface area contributed by atoms with Crippen molar-refractivity contribution in [3.8, 4) is 5.75 Å². The van der Waals surface area contributed by atoms with Crippen molar-refractivity contribution in [3.05, 3.63) is 57.8 Å². The van der Waals surface area contributed by atoms with Gasteiger partial charge in [0.2, 0.25) is 0 Å². The molecule has 1 heterocycles. The molecule has 0 amide bonds. The number of nitrogens with zero attached hydrogens (tertiary/aromatic N) is 2. The van der Waals surface area contributed by atoms with Crippen molar-refractivity contribution in [2.75, 3.05) is 6.61 Å². The average Bonchev–Trinajstić information content (AvgIpc) is 2.43. The third kappa shape index (κ3) is 3.37. The van der Waals surface area contributed by atoms with Gasteiger partial charge in [0.25, 0.3) is 0 Å². The fourth-order valence-electron chi connectivity index (χ4n) is 2.17. The van der Waals surface area contributed by atoms with E-state index in [0.717, 1.165) is 5.69 Å². The number of ether oxygens (including phenoxy) is 1. The normalized spacial score (nSPS) is 10.4. The van der Waals surface area contributed by atoms with Gasteiger partial charge in [-0.05, 0) is 39.0 Å². The SMILES string of the molecule is CCOc1ccccc1C(=O)Cn1c(C)cc(C)nc1=O. The molecule has 0 N–H and O–H groups in total. The minimum atomic E-state index is -0.408. The quantitative estimate of drug-likeness (QED) is 0.790. The molecule has 0 fully saturated rings. The van der Waals surface area contributed by atoms with Gasteiger partial charge in [-0.2, -0.15) is 4.98 Å². The number of aryl methyl sites for hydroxylation is 2. The van der Waals surface area contributed by atoms with Crippen LogP contribution in [0.25, 0.3) is 0 Å². The minimum absolute atomic E-state index is 0.0396. The third-order valence-electron chi connectivity index (χ3n) is 3.14. The van der Waals surface area contributed by atoms with Gasteiger partial charge in [0, 0.05) is 11.4 Å². The van der Waals surface area contributed by atoms with Crippen molar-refractivity contribution < 1.29 is 9.53 Å². The fourth-order valence-corrected chi connectivity index (χ4v) is 2.17. The van der Waals surface area contributed by atoms with Crippen LogP contribution in [0.3, 0.4) is 0 Å². The van der Waals surface area contributed by atoms with Crippen LogP contribution in [0.4, 0.5) is 0 Å². The first kappa shape index (κ1) is 15.0. The predicted octanol–water partition coefficient (Wildman–Crippen LogP) is 2.14. The molecule has 5 nitrogen and oxygen atoms in total. The third-order valence-corrected chi connectivity index (χ3v) is 3.14.